The van der Waals surface area contributed by atoms with E-state index in [0.29, 0.717) is 12.8 Å². The van der Waals surface area contributed by atoms with Crippen LogP contribution >= 0.6 is 0 Å². The van der Waals surface area contributed by atoms with E-state index in [2.05, 4.69) is 29.1 Å². The third kappa shape index (κ3) is 4.30. The van der Waals surface area contributed by atoms with E-state index < -0.39 is 17.5 Å². The number of aromatic nitrogens is 2. The summed E-state index contributed by atoms with van der Waals surface area (Å²) in [4.78, 5) is 7.19. The predicted molar refractivity (Wildman–Crippen MR) is 72.7 cm³/mol. The van der Waals surface area contributed by atoms with Gasteiger partial charge in [-0.25, -0.2) is 9.97 Å². The Morgan fingerprint density at radius 2 is 1.86 bits per heavy atom. The van der Waals surface area contributed by atoms with Crippen LogP contribution in [0.1, 0.15) is 45.2 Å². The van der Waals surface area contributed by atoms with Crippen molar-refractivity contribution in [3.8, 4) is 0 Å². The standard InChI is InChI=1S/C14H20F3N3O/c1-12(2)4-6-13(21,7-5-12)9-19-11-18-8-3-10(20-11)14(15,16)17/h3,8,21H,4-7,9H2,1-2H3,(H,18,19,20). The smallest absolute Gasteiger partial charge is 0.388 e. The maximum absolute atomic E-state index is 12.6. The number of rotatable bonds is 3. The molecule has 1 heterocycles. The minimum absolute atomic E-state index is 0.108. The Bertz CT molecular complexity index is 492. The van der Waals surface area contributed by atoms with Crippen molar-refractivity contribution in [2.24, 2.45) is 5.41 Å². The van der Waals surface area contributed by atoms with Gasteiger partial charge < -0.3 is 10.4 Å². The van der Waals surface area contributed by atoms with Crippen LogP contribution in [0.2, 0.25) is 0 Å². The lowest BCUT2D eigenvalue weighted by molar-refractivity contribution is -0.141. The Kier molecular flexibility index (Phi) is 4.15. The average Bonchev–Trinajstić information content (AvgIpc) is 2.40. The van der Waals surface area contributed by atoms with Crippen LogP contribution < -0.4 is 5.32 Å². The summed E-state index contributed by atoms with van der Waals surface area (Å²) < 4.78 is 37.7. The number of hydrogen-bond donors (Lipinski definition) is 2. The highest BCUT2D eigenvalue weighted by Crippen LogP contribution is 2.40. The van der Waals surface area contributed by atoms with Crippen LogP contribution in [-0.4, -0.2) is 27.2 Å². The molecule has 0 spiro atoms. The molecule has 118 valence electrons. The van der Waals surface area contributed by atoms with E-state index in [-0.39, 0.29) is 17.9 Å². The molecule has 0 amide bonds. The van der Waals surface area contributed by atoms with Gasteiger partial charge in [-0.2, -0.15) is 13.2 Å². The van der Waals surface area contributed by atoms with E-state index in [0.717, 1.165) is 25.1 Å². The highest BCUT2D eigenvalue weighted by Gasteiger charge is 2.37. The Morgan fingerprint density at radius 1 is 1.24 bits per heavy atom. The summed E-state index contributed by atoms with van der Waals surface area (Å²) in [5, 5.41) is 13.2. The second-order valence-corrected chi connectivity index (χ2v) is 6.51. The molecule has 1 fully saturated rings. The summed E-state index contributed by atoms with van der Waals surface area (Å²) in [7, 11) is 0. The summed E-state index contributed by atoms with van der Waals surface area (Å²) in [5.41, 5.74) is -1.69. The van der Waals surface area contributed by atoms with Gasteiger partial charge in [-0.05, 0) is 37.2 Å². The topological polar surface area (TPSA) is 58.0 Å². The molecule has 1 aliphatic carbocycles. The van der Waals surface area contributed by atoms with Crippen molar-refractivity contribution < 1.29 is 18.3 Å². The molecule has 4 nitrogen and oxygen atoms in total. The van der Waals surface area contributed by atoms with Gasteiger partial charge in [-0.1, -0.05) is 13.8 Å². The van der Waals surface area contributed by atoms with Crippen LogP contribution in [0.25, 0.3) is 0 Å². The molecule has 0 unspecified atom stereocenters. The van der Waals surface area contributed by atoms with Crippen LogP contribution in [0.15, 0.2) is 12.3 Å². The SMILES string of the molecule is CC1(C)CCC(O)(CNc2nccc(C(F)(F)F)n2)CC1. The molecule has 1 saturated carbocycles. The van der Waals surface area contributed by atoms with E-state index in [1.807, 2.05) is 0 Å². The Balaban J connectivity index is 1.97. The lowest BCUT2D eigenvalue weighted by atomic mass is 9.71. The van der Waals surface area contributed by atoms with E-state index >= 15 is 0 Å². The fraction of sp³-hybridized carbons (Fsp3) is 0.714. The quantitative estimate of drug-likeness (QED) is 0.900. The third-order valence-corrected chi connectivity index (χ3v) is 4.06. The van der Waals surface area contributed by atoms with Crippen LogP contribution in [0.4, 0.5) is 19.1 Å². The molecule has 0 aromatic carbocycles. The molecule has 2 rings (SSSR count). The fourth-order valence-electron chi connectivity index (χ4n) is 2.41. The third-order valence-electron chi connectivity index (χ3n) is 4.06. The van der Waals surface area contributed by atoms with Crippen molar-refractivity contribution in [1.29, 1.82) is 0 Å². The van der Waals surface area contributed by atoms with Crippen molar-refractivity contribution >= 4 is 5.95 Å². The molecule has 0 atom stereocenters. The van der Waals surface area contributed by atoms with Gasteiger partial charge in [0.2, 0.25) is 5.95 Å². The number of nitrogens with one attached hydrogen (secondary N) is 1. The second-order valence-electron chi connectivity index (χ2n) is 6.51. The first-order chi connectivity index (χ1) is 9.60. The fourth-order valence-corrected chi connectivity index (χ4v) is 2.41. The average molecular weight is 303 g/mol. The van der Waals surface area contributed by atoms with Crippen LogP contribution in [0.3, 0.4) is 0 Å². The van der Waals surface area contributed by atoms with Gasteiger partial charge in [0.05, 0.1) is 5.60 Å². The number of nitrogens with zero attached hydrogens (tertiary/aromatic N) is 2. The Labute approximate surface area is 121 Å². The van der Waals surface area contributed by atoms with Gasteiger partial charge >= 0.3 is 6.18 Å². The predicted octanol–water partition coefficient (Wildman–Crippen LogP) is 3.24. The van der Waals surface area contributed by atoms with Crippen LogP contribution in [-0.2, 0) is 6.18 Å². The first-order valence-electron chi connectivity index (χ1n) is 6.96. The lowest BCUT2D eigenvalue weighted by Gasteiger charge is -2.40. The van der Waals surface area contributed by atoms with E-state index in [4.69, 9.17) is 0 Å². The molecular formula is C14H20F3N3O. The molecule has 0 radical (unpaired) electrons. The van der Waals surface area contributed by atoms with Gasteiger partial charge in [0.25, 0.3) is 0 Å². The first-order valence-corrected chi connectivity index (χ1v) is 6.96. The number of anilines is 1. The number of hydrogen-bond acceptors (Lipinski definition) is 4. The minimum atomic E-state index is -4.49. The number of halogens is 3. The van der Waals surface area contributed by atoms with Crippen molar-refractivity contribution in [1.82, 2.24) is 9.97 Å². The van der Waals surface area contributed by atoms with Crippen LogP contribution in [0.5, 0.6) is 0 Å². The van der Waals surface area contributed by atoms with Crippen molar-refractivity contribution in [3.63, 3.8) is 0 Å². The van der Waals surface area contributed by atoms with Gasteiger partial charge in [0.15, 0.2) is 0 Å². The van der Waals surface area contributed by atoms with Crippen molar-refractivity contribution in [3.05, 3.63) is 18.0 Å². The molecule has 1 aliphatic rings. The van der Waals surface area contributed by atoms with Gasteiger partial charge in [0.1, 0.15) is 5.69 Å². The monoisotopic (exact) mass is 303 g/mol. The molecule has 0 aliphatic heterocycles. The minimum Gasteiger partial charge on any atom is -0.388 e. The number of aliphatic hydroxyl groups is 1. The van der Waals surface area contributed by atoms with E-state index in [9.17, 15) is 18.3 Å². The first kappa shape index (κ1) is 16.0. The summed E-state index contributed by atoms with van der Waals surface area (Å²) in [6.07, 6.45) is -0.432. The van der Waals surface area contributed by atoms with E-state index in [1.165, 1.54) is 0 Å². The van der Waals surface area contributed by atoms with Gasteiger partial charge in [0, 0.05) is 12.7 Å². The zero-order valence-corrected chi connectivity index (χ0v) is 12.2. The second kappa shape index (κ2) is 5.44. The number of alkyl halides is 3. The summed E-state index contributed by atoms with van der Waals surface area (Å²) in [6.45, 7) is 4.45. The van der Waals surface area contributed by atoms with Gasteiger partial charge in [-0.15, -0.1) is 0 Å². The lowest BCUT2D eigenvalue weighted by Crippen LogP contribution is -2.42. The summed E-state index contributed by atoms with van der Waals surface area (Å²) in [5.74, 6) is -0.108. The van der Waals surface area contributed by atoms with Gasteiger partial charge in [-0.3, -0.25) is 0 Å². The van der Waals surface area contributed by atoms with Crippen molar-refractivity contribution in [2.45, 2.75) is 51.3 Å². The summed E-state index contributed by atoms with van der Waals surface area (Å²) in [6, 6.07) is 0.822. The normalized spacial score (nSPS) is 21.0. The molecule has 21 heavy (non-hydrogen) atoms. The van der Waals surface area contributed by atoms with Crippen LogP contribution in [0, 0.1) is 5.41 Å². The largest absolute Gasteiger partial charge is 0.433 e. The zero-order chi connectivity index (χ0) is 15.7. The zero-order valence-electron chi connectivity index (χ0n) is 12.2. The summed E-state index contributed by atoms with van der Waals surface area (Å²) >= 11 is 0. The molecule has 1 aromatic heterocycles. The van der Waals surface area contributed by atoms with Crippen molar-refractivity contribution in [2.75, 3.05) is 11.9 Å². The molecule has 0 saturated heterocycles. The highest BCUT2D eigenvalue weighted by atomic mass is 19.4. The Hall–Kier alpha value is -1.37. The molecular weight excluding hydrogens is 283 g/mol. The molecule has 7 heteroatoms. The highest BCUT2D eigenvalue weighted by molar-refractivity contribution is 5.27. The Morgan fingerprint density at radius 3 is 2.43 bits per heavy atom. The maximum atomic E-state index is 12.6. The van der Waals surface area contributed by atoms with E-state index in [1.54, 1.807) is 0 Å². The molecule has 1 aromatic rings. The molecule has 2 N–H and O–H groups in total. The maximum Gasteiger partial charge on any atom is 0.433 e. The molecule has 0 bridgehead atoms.